The number of nitrogens with two attached hydrogens (primary N) is 1. The Morgan fingerprint density at radius 1 is 1.18 bits per heavy atom. The van der Waals surface area contributed by atoms with Gasteiger partial charge in [0.2, 0.25) is 0 Å². The van der Waals surface area contributed by atoms with Crippen molar-refractivity contribution in [1.82, 2.24) is 34.9 Å². The molecule has 0 bridgehead atoms. The van der Waals surface area contributed by atoms with Gasteiger partial charge in [-0.2, -0.15) is 0 Å². The number of rotatable bonds is 7. The predicted molar refractivity (Wildman–Crippen MR) is 154 cm³/mol. The van der Waals surface area contributed by atoms with Gasteiger partial charge < -0.3 is 25.3 Å². The van der Waals surface area contributed by atoms with Crippen LogP contribution in [0.4, 0.5) is 17.7 Å². The van der Waals surface area contributed by atoms with Crippen LogP contribution in [0.25, 0.3) is 11.6 Å². The topological polar surface area (TPSA) is 142 Å². The molecule has 214 valence electrons. The van der Waals surface area contributed by atoms with Gasteiger partial charge in [0.1, 0.15) is 22.5 Å². The number of amides is 1. The van der Waals surface area contributed by atoms with Crippen molar-refractivity contribution in [2.24, 2.45) is 0 Å². The van der Waals surface area contributed by atoms with Gasteiger partial charge in [-0.15, -0.1) is 5.10 Å². The molecule has 5 heterocycles. The number of nitrogen functional groups attached to an aromatic ring is 1. The Hall–Kier alpha value is -3.51. The number of carbonyl (C=O) groups is 1. The SMILES string of the molecule is CC[C@H]1CN(c2ncc(-c3nnc(NC(C)C)o3)nc2C)CCN1C1CCN(C(=O)c2ccc(Cl)nc2N)CC1. The molecule has 0 saturated carbocycles. The summed E-state index contributed by atoms with van der Waals surface area (Å²) in [6, 6.07) is 4.64. The van der Waals surface area contributed by atoms with Crippen LogP contribution in [0.2, 0.25) is 5.15 Å². The smallest absolute Gasteiger partial charge is 0.316 e. The number of aryl methyl sites for hydroxylation is 1. The second-order valence-corrected chi connectivity index (χ2v) is 11.1. The van der Waals surface area contributed by atoms with Crippen molar-refractivity contribution in [3.05, 3.63) is 34.7 Å². The standard InChI is InChI=1S/C27H37ClN10O2/c1-5-18-15-37(24-17(4)32-21(14-30-24)25-34-35-27(40-25)31-16(2)3)12-13-38(18)19-8-10-36(11-9-19)26(39)20-6-7-22(28)33-23(20)29/h6-7,14,16,18-19H,5,8-13,15H2,1-4H3,(H2,29,33)(H,31,35)/t18-/m0/s1. The van der Waals surface area contributed by atoms with Crippen LogP contribution in [0.5, 0.6) is 0 Å². The summed E-state index contributed by atoms with van der Waals surface area (Å²) in [6.45, 7) is 12.3. The first kappa shape index (κ1) is 28.0. The molecule has 13 heteroatoms. The average molecular weight is 569 g/mol. The lowest BCUT2D eigenvalue weighted by atomic mass is 9.97. The van der Waals surface area contributed by atoms with Crippen LogP contribution in [0, 0.1) is 6.92 Å². The van der Waals surface area contributed by atoms with Crippen molar-refractivity contribution in [1.29, 1.82) is 0 Å². The van der Waals surface area contributed by atoms with Crippen LogP contribution < -0.4 is 16.0 Å². The van der Waals surface area contributed by atoms with E-state index >= 15 is 0 Å². The molecule has 0 unspecified atom stereocenters. The van der Waals surface area contributed by atoms with Crippen molar-refractivity contribution >= 4 is 35.2 Å². The number of piperidine rings is 1. The predicted octanol–water partition coefficient (Wildman–Crippen LogP) is 3.49. The van der Waals surface area contributed by atoms with Gasteiger partial charge >= 0.3 is 6.01 Å². The molecule has 0 spiro atoms. The number of likely N-dealkylation sites (tertiary alicyclic amines) is 1. The van der Waals surface area contributed by atoms with E-state index in [0.29, 0.717) is 48.3 Å². The van der Waals surface area contributed by atoms with E-state index in [1.807, 2.05) is 25.7 Å². The Morgan fingerprint density at radius 2 is 1.95 bits per heavy atom. The van der Waals surface area contributed by atoms with Gasteiger partial charge in [-0.25, -0.2) is 15.0 Å². The zero-order valence-electron chi connectivity index (χ0n) is 23.5. The Balaban J connectivity index is 1.20. The molecule has 5 rings (SSSR count). The van der Waals surface area contributed by atoms with Crippen molar-refractivity contribution in [3.8, 4) is 11.6 Å². The van der Waals surface area contributed by atoms with E-state index in [2.05, 4.69) is 37.2 Å². The van der Waals surface area contributed by atoms with E-state index < -0.39 is 0 Å². The lowest BCUT2D eigenvalue weighted by Gasteiger charge is -2.47. The van der Waals surface area contributed by atoms with Crippen LogP contribution in [0.15, 0.2) is 22.7 Å². The molecular weight excluding hydrogens is 532 g/mol. The summed E-state index contributed by atoms with van der Waals surface area (Å²) in [5.74, 6) is 1.33. The van der Waals surface area contributed by atoms with Crippen LogP contribution in [0.3, 0.4) is 0 Å². The maximum atomic E-state index is 13.0. The summed E-state index contributed by atoms with van der Waals surface area (Å²) >= 11 is 5.90. The van der Waals surface area contributed by atoms with Crippen molar-refractivity contribution in [2.45, 2.75) is 65.1 Å². The zero-order chi connectivity index (χ0) is 28.4. The summed E-state index contributed by atoms with van der Waals surface area (Å²) in [6.07, 6.45) is 4.59. The number of halogens is 1. The van der Waals surface area contributed by atoms with E-state index in [4.69, 9.17) is 31.7 Å². The lowest BCUT2D eigenvalue weighted by molar-refractivity contribution is 0.0491. The van der Waals surface area contributed by atoms with Gasteiger partial charge in [-0.1, -0.05) is 23.6 Å². The molecule has 1 amide bonds. The van der Waals surface area contributed by atoms with Crippen LogP contribution >= 0.6 is 11.6 Å². The summed E-state index contributed by atoms with van der Waals surface area (Å²) in [5.41, 5.74) is 7.77. The van der Waals surface area contributed by atoms with E-state index in [9.17, 15) is 4.79 Å². The van der Waals surface area contributed by atoms with Gasteiger partial charge in [0.05, 0.1) is 17.5 Å². The van der Waals surface area contributed by atoms with Gasteiger partial charge in [-0.3, -0.25) is 9.69 Å². The third-order valence-electron chi connectivity index (χ3n) is 7.62. The van der Waals surface area contributed by atoms with Crippen molar-refractivity contribution < 1.29 is 9.21 Å². The van der Waals surface area contributed by atoms with Crippen molar-refractivity contribution in [3.63, 3.8) is 0 Å². The van der Waals surface area contributed by atoms with Crippen LogP contribution in [-0.2, 0) is 0 Å². The molecule has 2 aliphatic rings. The summed E-state index contributed by atoms with van der Waals surface area (Å²) < 4.78 is 5.70. The summed E-state index contributed by atoms with van der Waals surface area (Å²) in [4.78, 5) is 33.4. The maximum absolute atomic E-state index is 13.0. The fourth-order valence-corrected chi connectivity index (χ4v) is 5.78. The highest BCUT2D eigenvalue weighted by Gasteiger charge is 2.35. The van der Waals surface area contributed by atoms with Gasteiger partial charge in [0.15, 0.2) is 0 Å². The Labute approximate surface area is 239 Å². The third-order valence-corrected chi connectivity index (χ3v) is 7.83. The number of pyridine rings is 1. The van der Waals surface area contributed by atoms with Crippen LogP contribution in [-0.4, -0.2) is 91.7 Å². The number of hydrogen-bond donors (Lipinski definition) is 2. The highest BCUT2D eigenvalue weighted by Crippen LogP contribution is 2.28. The minimum Gasteiger partial charge on any atom is -0.402 e. The molecule has 3 aromatic rings. The molecule has 0 aliphatic carbocycles. The number of piperazine rings is 1. The average Bonchev–Trinajstić information content (AvgIpc) is 3.40. The molecule has 12 nitrogen and oxygen atoms in total. The lowest BCUT2D eigenvalue weighted by Crippen LogP contribution is -2.59. The first-order valence-electron chi connectivity index (χ1n) is 13.9. The molecule has 2 saturated heterocycles. The number of hydrogen-bond acceptors (Lipinski definition) is 11. The number of aromatic nitrogens is 5. The zero-order valence-corrected chi connectivity index (χ0v) is 24.2. The first-order valence-corrected chi connectivity index (χ1v) is 14.3. The highest BCUT2D eigenvalue weighted by molar-refractivity contribution is 6.29. The fourth-order valence-electron chi connectivity index (χ4n) is 5.63. The minimum absolute atomic E-state index is 0.0811. The van der Waals surface area contributed by atoms with Gasteiger partial charge in [-0.05, 0) is 52.2 Å². The second kappa shape index (κ2) is 11.9. The first-order chi connectivity index (χ1) is 19.2. The maximum Gasteiger partial charge on any atom is 0.316 e. The third kappa shape index (κ3) is 5.97. The minimum atomic E-state index is -0.0811. The molecule has 3 N–H and O–H groups in total. The summed E-state index contributed by atoms with van der Waals surface area (Å²) in [7, 11) is 0. The highest BCUT2D eigenvalue weighted by atomic mass is 35.5. The van der Waals surface area contributed by atoms with E-state index in [1.165, 1.54) is 0 Å². The molecule has 0 radical (unpaired) electrons. The monoisotopic (exact) mass is 568 g/mol. The summed E-state index contributed by atoms with van der Waals surface area (Å²) in [5, 5.41) is 11.5. The molecule has 2 aliphatic heterocycles. The number of anilines is 3. The van der Waals surface area contributed by atoms with E-state index in [0.717, 1.165) is 50.4 Å². The van der Waals surface area contributed by atoms with E-state index in [1.54, 1.807) is 18.3 Å². The molecular formula is C27H37ClN10O2. The number of carbonyl (C=O) groups excluding carboxylic acids is 1. The largest absolute Gasteiger partial charge is 0.402 e. The number of nitrogens with zero attached hydrogens (tertiary/aromatic N) is 8. The molecule has 40 heavy (non-hydrogen) atoms. The number of nitrogens with one attached hydrogen (secondary N) is 1. The fraction of sp³-hybridized carbons (Fsp3) is 0.556. The quantitative estimate of drug-likeness (QED) is 0.404. The molecule has 2 fully saturated rings. The molecule has 0 aromatic carbocycles. The van der Waals surface area contributed by atoms with Crippen LogP contribution in [0.1, 0.15) is 56.1 Å². The van der Waals surface area contributed by atoms with E-state index in [-0.39, 0.29) is 22.9 Å². The molecule has 3 aromatic heterocycles. The normalized spacial score (nSPS) is 18.9. The Morgan fingerprint density at radius 3 is 2.62 bits per heavy atom. The van der Waals surface area contributed by atoms with Crippen molar-refractivity contribution in [2.75, 3.05) is 48.7 Å². The Kier molecular flexibility index (Phi) is 8.36. The molecule has 1 atom stereocenters. The van der Waals surface area contributed by atoms with Gasteiger partial charge in [0.25, 0.3) is 11.8 Å². The second-order valence-electron chi connectivity index (χ2n) is 10.7. The Bertz CT molecular complexity index is 1340. The van der Waals surface area contributed by atoms with Gasteiger partial charge in [0, 0.05) is 50.8 Å².